The van der Waals surface area contributed by atoms with Crippen LogP contribution in [-0.2, 0) is 66.4 Å². The second kappa shape index (κ2) is 39.9. The molecule has 0 aliphatic rings. The summed E-state index contributed by atoms with van der Waals surface area (Å²) < 4.78 is 70.2. The van der Waals surface area contributed by atoms with Crippen molar-refractivity contribution < 1.29 is 71.2 Å². The standard InChI is InChI=1S/C37H64O15/c1-2-3-5-10-36(38)51-33-31-49-29-27-47-25-23-45-21-19-43-17-15-41-13-11-40-12-14-42-16-18-44-20-22-46-24-26-48-28-30-50-32-34-52-37(39)35-8-6-4-7-9-35/h4,6-9H,2-3,5,10-34H2,1H3. The number of rotatable bonds is 41. The molecule has 0 saturated carbocycles. The number of benzene rings is 1. The topological polar surface area (TPSA) is 154 Å². The number of unbranched alkanes of at least 4 members (excludes halogenated alkanes) is 2. The highest BCUT2D eigenvalue weighted by atomic mass is 16.6. The van der Waals surface area contributed by atoms with E-state index in [1.807, 2.05) is 6.07 Å². The van der Waals surface area contributed by atoms with E-state index in [-0.39, 0.29) is 25.2 Å². The number of ether oxygens (including phenoxy) is 13. The van der Waals surface area contributed by atoms with Crippen LogP contribution in [0.4, 0.5) is 0 Å². The molecule has 0 aliphatic carbocycles. The molecule has 0 atom stereocenters. The second-order valence-electron chi connectivity index (χ2n) is 10.9. The van der Waals surface area contributed by atoms with Gasteiger partial charge in [0.1, 0.15) is 13.2 Å². The Morgan fingerprint density at radius 3 is 0.981 bits per heavy atom. The molecule has 1 rings (SSSR count). The monoisotopic (exact) mass is 748 g/mol. The van der Waals surface area contributed by atoms with Gasteiger partial charge in [-0.05, 0) is 18.6 Å². The van der Waals surface area contributed by atoms with Gasteiger partial charge in [0.15, 0.2) is 0 Å². The minimum Gasteiger partial charge on any atom is -0.463 e. The van der Waals surface area contributed by atoms with Gasteiger partial charge in [-0.2, -0.15) is 0 Å². The third-order valence-corrected chi connectivity index (χ3v) is 6.67. The molecule has 0 amide bonds. The molecule has 1 aromatic carbocycles. The van der Waals surface area contributed by atoms with Gasteiger partial charge in [0, 0.05) is 6.42 Å². The van der Waals surface area contributed by atoms with Crippen molar-refractivity contribution in [3.8, 4) is 0 Å². The zero-order valence-electron chi connectivity index (χ0n) is 31.3. The van der Waals surface area contributed by atoms with Gasteiger partial charge >= 0.3 is 11.9 Å². The molecule has 0 saturated heterocycles. The molecule has 15 nitrogen and oxygen atoms in total. The van der Waals surface area contributed by atoms with E-state index >= 15 is 0 Å². The van der Waals surface area contributed by atoms with E-state index in [1.54, 1.807) is 24.3 Å². The van der Waals surface area contributed by atoms with Crippen molar-refractivity contribution in [2.45, 2.75) is 32.6 Å². The summed E-state index contributed by atoms with van der Waals surface area (Å²) in [5.41, 5.74) is 0.522. The predicted octanol–water partition coefficient (Wildman–Crippen LogP) is 3.15. The number of carbonyl (C=O) groups is 2. The Labute approximate surface area is 310 Å². The zero-order chi connectivity index (χ0) is 37.3. The largest absolute Gasteiger partial charge is 0.463 e. The first kappa shape index (κ1) is 47.7. The number of hydrogen-bond donors (Lipinski definition) is 0. The third kappa shape index (κ3) is 34.8. The molecule has 52 heavy (non-hydrogen) atoms. The molecule has 302 valence electrons. The molecular weight excluding hydrogens is 684 g/mol. The summed E-state index contributed by atoms with van der Waals surface area (Å²) in [6.45, 7) is 12.7. The van der Waals surface area contributed by atoms with Crippen LogP contribution in [-0.4, -0.2) is 171 Å². The van der Waals surface area contributed by atoms with Crippen LogP contribution >= 0.6 is 0 Å². The van der Waals surface area contributed by atoms with Crippen molar-refractivity contribution in [1.29, 1.82) is 0 Å². The first-order valence-corrected chi connectivity index (χ1v) is 18.5. The second-order valence-corrected chi connectivity index (χ2v) is 10.9. The van der Waals surface area contributed by atoms with E-state index in [2.05, 4.69) is 6.92 Å². The van der Waals surface area contributed by atoms with Gasteiger partial charge in [-0.3, -0.25) is 4.79 Å². The quantitative estimate of drug-likeness (QED) is 0.0711. The van der Waals surface area contributed by atoms with Gasteiger partial charge in [0.05, 0.1) is 151 Å². The Balaban J connectivity index is 1.63. The Morgan fingerprint density at radius 2 is 0.673 bits per heavy atom. The lowest BCUT2D eigenvalue weighted by Gasteiger charge is -2.09. The molecule has 0 aromatic heterocycles. The van der Waals surface area contributed by atoms with Crippen LogP contribution in [0.25, 0.3) is 0 Å². The first-order chi connectivity index (χ1) is 25.7. The van der Waals surface area contributed by atoms with Crippen LogP contribution in [0, 0.1) is 0 Å². The van der Waals surface area contributed by atoms with Gasteiger partial charge in [0.25, 0.3) is 0 Å². The minimum absolute atomic E-state index is 0.164. The highest BCUT2D eigenvalue weighted by Gasteiger charge is 2.05. The van der Waals surface area contributed by atoms with Crippen LogP contribution < -0.4 is 0 Å². The molecule has 0 spiro atoms. The fourth-order valence-electron chi connectivity index (χ4n) is 3.96. The number of carbonyl (C=O) groups excluding carboxylic acids is 2. The molecular formula is C37H64O15. The maximum atomic E-state index is 11.8. The number of hydrogen-bond acceptors (Lipinski definition) is 15. The SMILES string of the molecule is CCCCCC(=O)OCCOCCOCCOCCOCCOCCOCCOCCOCCOCCOCCOCCOC(=O)c1ccccc1. The molecule has 0 bridgehead atoms. The normalized spacial score (nSPS) is 11.2. The van der Waals surface area contributed by atoms with Crippen LogP contribution in [0.15, 0.2) is 30.3 Å². The smallest absolute Gasteiger partial charge is 0.338 e. The zero-order valence-corrected chi connectivity index (χ0v) is 31.3. The molecule has 0 aliphatic heterocycles. The minimum atomic E-state index is -0.360. The average molecular weight is 749 g/mol. The van der Waals surface area contributed by atoms with E-state index in [0.29, 0.717) is 157 Å². The van der Waals surface area contributed by atoms with Crippen LogP contribution in [0.1, 0.15) is 43.0 Å². The summed E-state index contributed by atoms with van der Waals surface area (Å²) in [6.07, 6.45) is 3.48. The molecule has 0 N–H and O–H groups in total. The Morgan fingerprint density at radius 1 is 0.385 bits per heavy atom. The van der Waals surface area contributed by atoms with Crippen molar-refractivity contribution in [1.82, 2.24) is 0 Å². The maximum Gasteiger partial charge on any atom is 0.338 e. The van der Waals surface area contributed by atoms with Crippen LogP contribution in [0.2, 0.25) is 0 Å². The van der Waals surface area contributed by atoms with Crippen molar-refractivity contribution in [2.75, 3.05) is 159 Å². The fourth-order valence-corrected chi connectivity index (χ4v) is 3.96. The van der Waals surface area contributed by atoms with Crippen molar-refractivity contribution in [3.63, 3.8) is 0 Å². The molecule has 1 aromatic rings. The highest BCUT2D eigenvalue weighted by Crippen LogP contribution is 2.01. The average Bonchev–Trinajstić information content (AvgIpc) is 3.16. The van der Waals surface area contributed by atoms with Gasteiger partial charge < -0.3 is 61.6 Å². The highest BCUT2D eigenvalue weighted by molar-refractivity contribution is 5.89. The molecule has 0 unspecified atom stereocenters. The van der Waals surface area contributed by atoms with Crippen LogP contribution in [0.3, 0.4) is 0 Å². The Kier molecular flexibility index (Phi) is 36.6. The molecule has 0 radical (unpaired) electrons. The van der Waals surface area contributed by atoms with E-state index in [0.717, 1.165) is 19.3 Å². The summed E-state index contributed by atoms with van der Waals surface area (Å²) >= 11 is 0. The van der Waals surface area contributed by atoms with Gasteiger partial charge in [0.2, 0.25) is 0 Å². The Bertz CT molecular complexity index is 893. The van der Waals surface area contributed by atoms with E-state index < -0.39 is 0 Å². The van der Waals surface area contributed by atoms with Crippen molar-refractivity contribution >= 4 is 11.9 Å². The summed E-state index contributed by atoms with van der Waals surface area (Å²) in [5.74, 6) is -0.523. The fraction of sp³-hybridized carbons (Fsp3) is 0.784. The maximum absolute atomic E-state index is 11.8. The van der Waals surface area contributed by atoms with Crippen molar-refractivity contribution in [3.05, 3.63) is 35.9 Å². The van der Waals surface area contributed by atoms with Gasteiger partial charge in [-0.1, -0.05) is 38.0 Å². The lowest BCUT2D eigenvalue weighted by molar-refractivity contribution is -0.145. The molecule has 0 fully saturated rings. The van der Waals surface area contributed by atoms with E-state index in [1.165, 1.54) is 0 Å². The van der Waals surface area contributed by atoms with Crippen LogP contribution in [0.5, 0.6) is 0 Å². The summed E-state index contributed by atoms with van der Waals surface area (Å²) in [7, 11) is 0. The third-order valence-electron chi connectivity index (χ3n) is 6.67. The summed E-state index contributed by atoms with van der Waals surface area (Å²) in [4.78, 5) is 23.3. The van der Waals surface area contributed by atoms with Gasteiger partial charge in [-0.25, -0.2) is 4.79 Å². The van der Waals surface area contributed by atoms with Crippen molar-refractivity contribution in [2.24, 2.45) is 0 Å². The predicted molar refractivity (Wildman–Crippen MR) is 191 cm³/mol. The summed E-state index contributed by atoms with van der Waals surface area (Å²) in [5, 5.41) is 0. The lowest BCUT2D eigenvalue weighted by atomic mass is 10.2. The summed E-state index contributed by atoms with van der Waals surface area (Å²) in [6, 6.07) is 8.84. The molecule has 0 heterocycles. The van der Waals surface area contributed by atoms with Gasteiger partial charge in [-0.15, -0.1) is 0 Å². The van der Waals surface area contributed by atoms with E-state index in [4.69, 9.17) is 61.6 Å². The lowest BCUT2D eigenvalue weighted by Crippen LogP contribution is -2.16. The molecule has 15 heteroatoms. The first-order valence-electron chi connectivity index (χ1n) is 18.5. The number of esters is 2. The Hall–Kier alpha value is -2.28. The van der Waals surface area contributed by atoms with E-state index in [9.17, 15) is 9.59 Å².